The van der Waals surface area contributed by atoms with Crippen molar-refractivity contribution in [2.24, 2.45) is 16.8 Å². The predicted molar refractivity (Wildman–Crippen MR) is 316 cm³/mol. The van der Waals surface area contributed by atoms with E-state index in [1.807, 2.05) is 22.7 Å². The number of fused-ring (bicyclic) bond motifs is 14. The van der Waals surface area contributed by atoms with Crippen molar-refractivity contribution in [1.29, 1.82) is 0 Å². The number of aromatic nitrogens is 1. The summed E-state index contributed by atoms with van der Waals surface area (Å²) < 4.78 is 7.96. The number of hydrogen-bond acceptors (Lipinski definition) is 3. The molecule has 0 saturated heterocycles. The number of nitrogens with zero attached hydrogens (tertiary/aromatic N) is 2. The van der Waals surface area contributed by atoms with Crippen molar-refractivity contribution in [3.05, 3.63) is 234 Å². The van der Waals surface area contributed by atoms with Gasteiger partial charge >= 0.3 is 0 Å². The van der Waals surface area contributed by atoms with E-state index < -0.39 is 0 Å². The Morgan fingerprint density at radius 3 is 1.84 bits per heavy atom. The Bertz CT molecular complexity index is 4410. The van der Waals surface area contributed by atoms with Crippen LogP contribution in [0, 0.1) is 11.8 Å². The number of aliphatic imine (C=N–C) groups is 1. The molecule has 13 aromatic rings. The lowest BCUT2D eigenvalue weighted by Crippen LogP contribution is -2.25. The van der Waals surface area contributed by atoms with Crippen LogP contribution in [-0.2, 0) is 6.42 Å². The van der Waals surface area contributed by atoms with Crippen molar-refractivity contribution in [2.45, 2.75) is 51.6 Å². The van der Waals surface area contributed by atoms with Crippen molar-refractivity contribution in [1.82, 2.24) is 4.57 Å². The Morgan fingerprint density at radius 1 is 0.521 bits per heavy atom. The second-order valence-electron chi connectivity index (χ2n) is 20.7. The average Bonchev–Trinajstić information content (AvgIpc) is 4.09. The van der Waals surface area contributed by atoms with E-state index in [9.17, 15) is 0 Å². The van der Waals surface area contributed by atoms with Gasteiger partial charge in [0.05, 0.1) is 11.0 Å². The first kappa shape index (κ1) is 43.0. The molecule has 0 bridgehead atoms. The molecular weight excluding hydrogens is 921 g/mol. The maximum atomic E-state index is 6.39. The standard InChI is InChI=1S/C69H52N2S2/c1-3-49-50(47-30-33-55-54-22-10-14-26-63(54)72-65(55)39-47)31-28-41(2)68(70-69(49)71-61-24-12-8-20-52(61)53-21-9-13-25-62(53)71)60-38-48(40-66-67(60)56-23-11-15-27-64(56)73-66)51-32-29-46-34-42-16-4-5-17-43(42)35-57(46)59-37-45-19-7-6-18-44(45)36-58(51)59/h4-27,30-31,33-41,49,51,69H,3,28-29,32H2,1-2H3. The highest BCUT2D eigenvalue weighted by atomic mass is 32.1. The van der Waals surface area contributed by atoms with Gasteiger partial charge < -0.3 is 4.57 Å². The van der Waals surface area contributed by atoms with Crippen LogP contribution in [0.1, 0.15) is 73.0 Å². The zero-order valence-corrected chi connectivity index (χ0v) is 42.6. The van der Waals surface area contributed by atoms with Crippen molar-refractivity contribution >= 4 is 118 Å². The molecule has 10 aromatic carbocycles. The number of rotatable bonds is 5. The summed E-state index contributed by atoms with van der Waals surface area (Å²) in [6.45, 7) is 4.83. The SMILES string of the molecule is CCC1C(c2ccc3c(c2)sc2ccccc23)=CCC(C)C(c2cc(C3CCc4cc5ccccc5cc4-c4cc5ccccc5cc43)cc3sc4ccccc4c23)=NC1n1c2ccccc2c2ccccc21. The van der Waals surface area contributed by atoms with Crippen molar-refractivity contribution in [3.63, 3.8) is 0 Å². The maximum absolute atomic E-state index is 6.39. The van der Waals surface area contributed by atoms with Crippen LogP contribution in [-0.4, -0.2) is 10.3 Å². The quantitative estimate of drug-likeness (QED) is 0.164. The Balaban J connectivity index is 0.976. The molecule has 0 spiro atoms. The van der Waals surface area contributed by atoms with Crippen LogP contribution in [0.3, 0.4) is 0 Å². The van der Waals surface area contributed by atoms with Gasteiger partial charge in [0.2, 0.25) is 0 Å². The molecule has 4 atom stereocenters. The van der Waals surface area contributed by atoms with Crippen LogP contribution in [0.2, 0.25) is 0 Å². The minimum atomic E-state index is -0.214. The van der Waals surface area contributed by atoms with Crippen LogP contribution in [0.25, 0.3) is 100 Å². The highest BCUT2D eigenvalue weighted by Crippen LogP contribution is 2.49. The minimum absolute atomic E-state index is 0.0995. The van der Waals surface area contributed by atoms with Gasteiger partial charge in [-0.3, -0.25) is 4.99 Å². The molecule has 0 saturated carbocycles. The van der Waals surface area contributed by atoms with Crippen molar-refractivity contribution in [3.8, 4) is 11.1 Å². The van der Waals surface area contributed by atoms with Crippen LogP contribution < -0.4 is 0 Å². The molecule has 1 aliphatic heterocycles. The molecule has 2 nitrogen and oxygen atoms in total. The van der Waals surface area contributed by atoms with E-state index >= 15 is 0 Å². The molecule has 4 heteroatoms. The monoisotopic (exact) mass is 972 g/mol. The lowest BCUT2D eigenvalue weighted by atomic mass is 9.80. The van der Waals surface area contributed by atoms with Gasteiger partial charge in [0.15, 0.2) is 0 Å². The number of thiophene rings is 2. The van der Waals surface area contributed by atoms with E-state index in [-0.39, 0.29) is 23.9 Å². The van der Waals surface area contributed by atoms with E-state index in [0.717, 1.165) is 25.7 Å². The molecule has 350 valence electrons. The highest BCUT2D eigenvalue weighted by Gasteiger charge is 2.34. The molecule has 3 aromatic heterocycles. The summed E-state index contributed by atoms with van der Waals surface area (Å²) in [7, 11) is 0. The molecule has 0 amide bonds. The third-order valence-electron chi connectivity index (χ3n) is 16.7. The number of aryl methyl sites for hydroxylation is 1. The fourth-order valence-electron chi connectivity index (χ4n) is 13.2. The molecular formula is C69H52N2S2. The summed E-state index contributed by atoms with van der Waals surface area (Å²) in [5, 5.41) is 13.1. The molecule has 0 radical (unpaired) electrons. The summed E-state index contributed by atoms with van der Waals surface area (Å²) in [4.78, 5) is 6.39. The first-order chi connectivity index (χ1) is 36.0. The summed E-state index contributed by atoms with van der Waals surface area (Å²) >= 11 is 3.85. The molecule has 0 fully saturated rings. The maximum Gasteiger partial charge on any atom is 0.132 e. The summed E-state index contributed by atoms with van der Waals surface area (Å²) in [5.41, 5.74) is 14.6. The van der Waals surface area contributed by atoms with E-state index in [1.54, 1.807) is 0 Å². The van der Waals surface area contributed by atoms with Crippen molar-refractivity contribution < 1.29 is 0 Å². The molecule has 2 aliphatic rings. The number of para-hydroxylation sites is 2. The Hall–Kier alpha value is -7.63. The van der Waals surface area contributed by atoms with E-state index in [4.69, 9.17) is 4.99 Å². The second-order valence-corrected chi connectivity index (χ2v) is 22.9. The summed E-state index contributed by atoms with van der Waals surface area (Å²) in [6.07, 6.45) is 6.25. The highest BCUT2D eigenvalue weighted by molar-refractivity contribution is 7.26. The van der Waals surface area contributed by atoms with Gasteiger partial charge in [-0.15, -0.1) is 22.7 Å². The molecule has 15 rings (SSSR count). The number of allylic oxidation sites excluding steroid dienone is 1. The van der Waals surface area contributed by atoms with Crippen LogP contribution in [0.5, 0.6) is 0 Å². The molecule has 4 unspecified atom stereocenters. The Kier molecular flexibility index (Phi) is 10.0. The van der Waals surface area contributed by atoms with Gasteiger partial charge in [-0.2, -0.15) is 0 Å². The molecule has 0 N–H and O–H groups in total. The predicted octanol–water partition coefficient (Wildman–Crippen LogP) is 19.7. The minimum Gasteiger partial charge on any atom is -0.317 e. The van der Waals surface area contributed by atoms with Crippen LogP contribution in [0.15, 0.2) is 211 Å². The van der Waals surface area contributed by atoms with Gasteiger partial charge in [-0.1, -0.05) is 159 Å². The fourth-order valence-corrected chi connectivity index (χ4v) is 15.5. The summed E-state index contributed by atoms with van der Waals surface area (Å²) in [6, 6.07) is 76.2. The Morgan fingerprint density at radius 2 is 1.11 bits per heavy atom. The zero-order valence-electron chi connectivity index (χ0n) is 41.0. The molecule has 73 heavy (non-hydrogen) atoms. The van der Waals surface area contributed by atoms with E-state index in [0.29, 0.717) is 0 Å². The topological polar surface area (TPSA) is 17.3 Å². The zero-order chi connectivity index (χ0) is 48.3. The Labute approximate surface area is 433 Å². The lowest BCUT2D eigenvalue weighted by molar-refractivity contribution is 0.415. The van der Waals surface area contributed by atoms with Crippen LogP contribution >= 0.6 is 22.7 Å². The van der Waals surface area contributed by atoms with Gasteiger partial charge in [0.1, 0.15) is 6.17 Å². The third-order valence-corrected chi connectivity index (χ3v) is 18.9. The van der Waals surface area contributed by atoms with Crippen molar-refractivity contribution in [2.75, 3.05) is 0 Å². The smallest absolute Gasteiger partial charge is 0.132 e. The van der Waals surface area contributed by atoms with Gasteiger partial charge in [0.25, 0.3) is 0 Å². The summed E-state index contributed by atoms with van der Waals surface area (Å²) in [5.74, 6) is 0.415. The van der Waals surface area contributed by atoms with Gasteiger partial charge in [-0.05, 0) is 147 Å². The first-order valence-electron chi connectivity index (χ1n) is 26.2. The molecule has 1 aliphatic carbocycles. The normalized spacial score (nSPS) is 18.3. The molecule has 4 heterocycles. The fraction of sp³-hybridized carbons (Fsp3) is 0.145. The third kappa shape index (κ3) is 6.84. The van der Waals surface area contributed by atoms with Gasteiger partial charge in [-0.25, -0.2) is 0 Å². The van der Waals surface area contributed by atoms with Crippen LogP contribution in [0.4, 0.5) is 0 Å². The largest absolute Gasteiger partial charge is 0.317 e. The van der Waals surface area contributed by atoms with E-state index in [2.05, 4.69) is 225 Å². The van der Waals surface area contributed by atoms with Gasteiger partial charge in [0, 0.05) is 80.1 Å². The second kappa shape index (κ2) is 17.0. The number of benzene rings is 10. The average molecular weight is 973 g/mol. The first-order valence-corrected chi connectivity index (χ1v) is 27.9. The van der Waals surface area contributed by atoms with E-state index in [1.165, 1.54) is 134 Å². The number of hydrogen-bond donors (Lipinski definition) is 0. The lowest BCUT2D eigenvalue weighted by Gasteiger charge is -2.33.